The molecule has 0 heterocycles. The third-order valence-electron chi connectivity index (χ3n) is 5.12. The zero-order valence-corrected chi connectivity index (χ0v) is 18.3. The fourth-order valence-corrected chi connectivity index (χ4v) is 3.81. The van der Waals surface area contributed by atoms with Gasteiger partial charge in [-0.05, 0) is 67.3 Å². The Morgan fingerprint density at radius 1 is 0.750 bits per heavy atom. The van der Waals surface area contributed by atoms with Gasteiger partial charge in [0.15, 0.2) is 0 Å². The smallest absolute Gasteiger partial charge is 0.412 e. The Hall–Kier alpha value is -3.80. The molecule has 3 aromatic carbocycles. The number of amides is 2. The summed E-state index contributed by atoms with van der Waals surface area (Å²) in [5, 5.41) is 5.38. The lowest BCUT2D eigenvalue weighted by atomic mass is 9.98. The van der Waals surface area contributed by atoms with E-state index in [9.17, 15) is 9.59 Å². The molecule has 4 rings (SSSR count). The summed E-state index contributed by atoms with van der Waals surface area (Å²) in [5.41, 5.74) is 5.26. The Bertz CT molecular complexity index is 1090. The molecule has 3 aromatic rings. The second-order valence-corrected chi connectivity index (χ2v) is 8.65. The van der Waals surface area contributed by atoms with E-state index in [-0.39, 0.29) is 12.5 Å². The number of benzene rings is 3. The summed E-state index contributed by atoms with van der Waals surface area (Å²) >= 11 is 0. The minimum Gasteiger partial charge on any atom is -0.448 e. The van der Waals surface area contributed by atoms with Crippen molar-refractivity contribution in [3.05, 3.63) is 83.9 Å². The van der Waals surface area contributed by atoms with Crippen LogP contribution in [0.4, 0.5) is 21.0 Å². The number of nitrogens with one attached hydrogen (secondary N) is 2. The maximum atomic E-state index is 12.4. The molecule has 0 saturated carbocycles. The number of hydrogen-bond donors (Lipinski definition) is 2. The van der Waals surface area contributed by atoms with Crippen LogP contribution in [0.2, 0.25) is 0 Å². The van der Waals surface area contributed by atoms with E-state index in [4.69, 9.17) is 9.47 Å². The molecular formula is C26H26N2O4. The quantitative estimate of drug-likeness (QED) is 0.502. The standard InChI is InChI=1S/C26H26N2O4/c1-26(2,3)32-25(30)28-18-14-12-17(13-15-18)27-24(29)31-16-23-21-10-6-4-8-19(21)20-9-5-7-11-22(20)23/h4-15,23H,16H2,1-3H3,(H,27,29)(H,28,30). The van der Waals surface area contributed by atoms with Crippen LogP contribution < -0.4 is 10.6 Å². The summed E-state index contributed by atoms with van der Waals surface area (Å²) in [6, 6.07) is 23.2. The molecule has 0 aliphatic heterocycles. The number of carbonyl (C=O) groups is 2. The molecular weight excluding hydrogens is 404 g/mol. The lowest BCUT2D eigenvalue weighted by Gasteiger charge is -2.19. The molecule has 6 heteroatoms. The summed E-state index contributed by atoms with van der Waals surface area (Å²) in [5.74, 6) is 0.00792. The molecule has 0 unspecified atom stereocenters. The normalized spacial score (nSPS) is 12.5. The van der Waals surface area contributed by atoms with Crippen molar-refractivity contribution in [1.82, 2.24) is 0 Å². The largest absolute Gasteiger partial charge is 0.448 e. The predicted molar refractivity (Wildman–Crippen MR) is 125 cm³/mol. The molecule has 0 atom stereocenters. The average Bonchev–Trinajstić information content (AvgIpc) is 3.06. The maximum absolute atomic E-state index is 12.4. The van der Waals surface area contributed by atoms with Gasteiger partial charge < -0.3 is 9.47 Å². The van der Waals surface area contributed by atoms with Gasteiger partial charge in [0.25, 0.3) is 0 Å². The zero-order chi connectivity index (χ0) is 22.7. The van der Waals surface area contributed by atoms with Gasteiger partial charge in [-0.1, -0.05) is 48.5 Å². The SMILES string of the molecule is CC(C)(C)OC(=O)Nc1ccc(NC(=O)OCC2c3ccccc3-c3ccccc32)cc1. The van der Waals surface area contributed by atoms with Crippen LogP contribution in [0.5, 0.6) is 0 Å². The van der Waals surface area contributed by atoms with E-state index in [1.165, 1.54) is 22.3 Å². The van der Waals surface area contributed by atoms with Gasteiger partial charge in [0.2, 0.25) is 0 Å². The van der Waals surface area contributed by atoms with Crippen LogP contribution in [0.15, 0.2) is 72.8 Å². The molecule has 164 valence electrons. The van der Waals surface area contributed by atoms with Gasteiger partial charge in [-0.15, -0.1) is 0 Å². The first-order chi connectivity index (χ1) is 15.3. The van der Waals surface area contributed by atoms with Gasteiger partial charge in [-0.25, -0.2) is 9.59 Å². The van der Waals surface area contributed by atoms with Crippen molar-refractivity contribution in [2.24, 2.45) is 0 Å². The van der Waals surface area contributed by atoms with Gasteiger partial charge in [-0.2, -0.15) is 0 Å². The Morgan fingerprint density at radius 2 is 1.22 bits per heavy atom. The van der Waals surface area contributed by atoms with Crippen molar-refractivity contribution in [3.8, 4) is 11.1 Å². The van der Waals surface area contributed by atoms with Crippen molar-refractivity contribution < 1.29 is 19.1 Å². The Balaban J connectivity index is 1.34. The molecule has 0 fully saturated rings. The lowest BCUT2D eigenvalue weighted by molar-refractivity contribution is 0.0636. The molecule has 32 heavy (non-hydrogen) atoms. The topological polar surface area (TPSA) is 76.7 Å². The first-order valence-electron chi connectivity index (χ1n) is 10.5. The highest BCUT2D eigenvalue weighted by Crippen LogP contribution is 2.44. The van der Waals surface area contributed by atoms with Crippen molar-refractivity contribution in [2.45, 2.75) is 32.3 Å². The van der Waals surface area contributed by atoms with E-state index in [0.29, 0.717) is 11.4 Å². The van der Waals surface area contributed by atoms with Crippen LogP contribution in [0.25, 0.3) is 11.1 Å². The Morgan fingerprint density at radius 3 is 1.72 bits per heavy atom. The van der Waals surface area contributed by atoms with E-state index >= 15 is 0 Å². The van der Waals surface area contributed by atoms with Gasteiger partial charge in [0, 0.05) is 17.3 Å². The second-order valence-electron chi connectivity index (χ2n) is 8.65. The minimum atomic E-state index is -0.574. The molecule has 0 spiro atoms. The third-order valence-corrected chi connectivity index (χ3v) is 5.12. The molecule has 0 aromatic heterocycles. The first-order valence-corrected chi connectivity index (χ1v) is 10.5. The van der Waals surface area contributed by atoms with Crippen molar-refractivity contribution >= 4 is 23.6 Å². The molecule has 0 saturated heterocycles. The zero-order valence-electron chi connectivity index (χ0n) is 18.3. The third kappa shape index (κ3) is 4.91. The summed E-state index contributed by atoms with van der Waals surface area (Å²) in [6.45, 7) is 5.65. The number of rotatable bonds is 4. The molecule has 6 nitrogen and oxygen atoms in total. The van der Waals surface area contributed by atoms with E-state index in [1.54, 1.807) is 45.0 Å². The van der Waals surface area contributed by atoms with Gasteiger partial charge in [0.1, 0.15) is 12.2 Å². The molecule has 1 aliphatic rings. The Kier molecular flexibility index (Phi) is 5.86. The first kappa shape index (κ1) is 21.4. The van der Waals surface area contributed by atoms with Crippen molar-refractivity contribution in [1.29, 1.82) is 0 Å². The summed E-state index contributed by atoms with van der Waals surface area (Å²) in [6.07, 6.45) is -1.06. The minimum absolute atomic E-state index is 0.00792. The number of carbonyl (C=O) groups excluding carboxylic acids is 2. The summed E-state index contributed by atoms with van der Waals surface area (Å²) in [7, 11) is 0. The average molecular weight is 431 g/mol. The molecule has 2 N–H and O–H groups in total. The van der Waals surface area contributed by atoms with Crippen LogP contribution in [-0.2, 0) is 9.47 Å². The second kappa shape index (κ2) is 8.75. The highest BCUT2D eigenvalue weighted by molar-refractivity contribution is 5.87. The van der Waals surface area contributed by atoms with Gasteiger partial charge in [-0.3, -0.25) is 10.6 Å². The van der Waals surface area contributed by atoms with Crippen LogP contribution in [0.3, 0.4) is 0 Å². The van der Waals surface area contributed by atoms with Crippen LogP contribution in [0, 0.1) is 0 Å². The van der Waals surface area contributed by atoms with Gasteiger partial charge in [0.05, 0.1) is 0 Å². The fraction of sp³-hybridized carbons (Fsp3) is 0.231. The van der Waals surface area contributed by atoms with Crippen LogP contribution in [0.1, 0.15) is 37.8 Å². The highest BCUT2D eigenvalue weighted by atomic mass is 16.6. The van der Waals surface area contributed by atoms with Crippen LogP contribution in [-0.4, -0.2) is 24.4 Å². The lowest BCUT2D eigenvalue weighted by Crippen LogP contribution is -2.27. The Labute approximate surface area is 187 Å². The van der Waals surface area contributed by atoms with E-state index in [1.807, 2.05) is 24.3 Å². The molecule has 1 aliphatic carbocycles. The fourth-order valence-electron chi connectivity index (χ4n) is 3.81. The van der Waals surface area contributed by atoms with E-state index in [0.717, 1.165) is 0 Å². The number of anilines is 2. The van der Waals surface area contributed by atoms with E-state index in [2.05, 4.69) is 34.9 Å². The number of hydrogen-bond acceptors (Lipinski definition) is 4. The molecule has 0 radical (unpaired) electrons. The van der Waals surface area contributed by atoms with E-state index < -0.39 is 17.8 Å². The van der Waals surface area contributed by atoms with Crippen molar-refractivity contribution in [3.63, 3.8) is 0 Å². The summed E-state index contributed by atoms with van der Waals surface area (Å²) < 4.78 is 10.8. The molecule has 2 amide bonds. The highest BCUT2D eigenvalue weighted by Gasteiger charge is 2.29. The predicted octanol–water partition coefficient (Wildman–Crippen LogP) is 6.39. The number of fused-ring (bicyclic) bond motifs is 3. The monoisotopic (exact) mass is 430 g/mol. The van der Waals surface area contributed by atoms with Crippen LogP contribution >= 0.6 is 0 Å². The maximum Gasteiger partial charge on any atom is 0.412 e. The number of ether oxygens (including phenoxy) is 2. The van der Waals surface area contributed by atoms with Crippen molar-refractivity contribution in [2.75, 3.05) is 17.2 Å². The van der Waals surface area contributed by atoms with Gasteiger partial charge >= 0.3 is 12.2 Å². The summed E-state index contributed by atoms with van der Waals surface area (Å²) in [4.78, 5) is 24.2. The molecule has 0 bridgehead atoms.